The first-order valence-corrected chi connectivity index (χ1v) is 10.5. The molecule has 1 heterocycles. The van der Waals surface area contributed by atoms with Crippen LogP contribution in [0.25, 0.3) is 5.57 Å². The van der Waals surface area contributed by atoms with Crippen molar-refractivity contribution >= 4 is 5.57 Å². The SMILES string of the molecule is C[C@H](CCCC(C)(C)O)[C@H]1CCC2=C(c3cc(O)c(CO)o3)CCC[C@@]21C. The molecule has 0 spiro atoms. The van der Waals surface area contributed by atoms with E-state index in [4.69, 9.17) is 4.42 Å². The number of furan rings is 1. The highest BCUT2D eigenvalue weighted by Gasteiger charge is 2.47. The smallest absolute Gasteiger partial charge is 0.171 e. The Hall–Kier alpha value is -1.26. The van der Waals surface area contributed by atoms with Gasteiger partial charge in [0.1, 0.15) is 12.4 Å². The molecule has 4 nitrogen and oxygen atoms in total. The Kier molecular flexibility index (Phi) is 5.79. The molecule has 4 heteroatoms. The molecular weight excluding hydrogens is 340 g/mol. The van der Waals surface area contributed by atoms with E-state index in [0.29, 0.717) is 11.8 Å². The Labute approximate surface area is 163 Å². The van der Waals surface area contributed by atoms with Crippen molar-refractivity contribution in [2.24, 2.45) is 17.3 Å². The fourth-order valence-corrected chi connectivity index (χ4v) is 5.67. The minimum Gasteiger partial charge on any atom is -0.504 e. The molecule has 3 N–H and O–H groups in total. The van der Waals surface area contributed by atoms with Gasteiger partial charge in [-0.25, -0.2) is 0 Å². The highest BCUT2D eigenvalue weighted by Crippen LogP contribution is 2.59. The third-order valence-electron chi connectivity index (χ3n) is 7.06. The largest absolute Gasteiger partial charge is 0.504 e. The van der Waals surface area contributed by atoms with Gasteiger partial charge in [0, 0.05) is 6.07 Å². The predicted molar refractivity (Wildman–Crippen MR) is 107 cm³/mol. The standard InChI is InChI=1S/C23H36O4/c1-15(7-5-11-22(2,3)26)17-9-10-18-16(8-6-12-23(17,18)4)20-13-19(25)21(14-24)27-20/h13,15,17,24-26H,5-12,14H2,1-4H3/t15-,17-,23-/m1/s1. The molecule has 0 amide bonds. The molecule has 0 bridgehead atoms. The first-order valence-electron chi connectivity index (χ1n) is 10.5. The van der Waals surface area contributed by atoms with Crippen LogP contribution in [0.5, 0.6) is 5.75 Å². The van der Waals surface area contributed by atoms with Gasteiger partial charge < -0.3 is 19.7 Å². The summed E-state index contributed by atoms with van der Waals surface area (Å²) < 4.78 is 5.77. The molecule has 152 valence electrons. The first kappa shape index (κ1) is 20.5. The quantitative estimate of drug-likeness (QED) is 0.595. The molecule has 2 aliphatic carbocycles. The molecule has 3 rings (SSSR count). The van der Waals surface area contributed by atoms with Crippen LogP contribution in [0.15, 0.2) is 16.1 Å². The fourth-order valence-electron chi connectivity index (χ4n) is 5.67. The maximum absolute atomic E-state index is 9.98. The summed E-state index contributed by atoms with van der Waals surface area (Å²) in [4.78, 5) is 0. The maximum Gasteiger partial charge on any atom is 0.171 e. The van der Waals surface area contributed by atoms with Gasteiger partial charge in [0.15, 0.2) is 11.5 Å². The number of hydrogen-bond acceptors (Lipinski definition) is 4. The van der Waals surface area contributed by atoms with E-state index in [0.717, 1.165) is 44.3 Å². The van der Waals surface area contributed by atoms with Crippen LogP contribution < -0.4 is 0 Å². The van der Waals surface area contributed by atoms with Crippen LogP contribution in [-0.4, -0.2) is 20.9 Å². The van der Waals surface area contributed by atoms with Crippen molar-refractivity contribution in [3.05, 3.63) is 23.2 Å². The molecular formula is C23H36O4. The van der Waals surface area contributed by atoms with Crippen LogP contribution in [-0.2, 0) is 6.61 Å². The zero-order valence-electron chi connectivity index (χ0n) is 17.3. The van der Waals surface area contributed by atoms with E-state index < -0.39 is 5.60 Å². The molecule has 0 unspecified atom stereocenters. The lowest BCUT2D eigenvalue weighted by molar-refractivity contribution is 0.0641. The number of allylic oxidation sites excluding steroid dienone is 2. The van der Waals surface area contributed by atoms with E-state index in [1.165, 1.54) is 24.0 Å². The lowest BCUT2D eigenvalue weighted by atomic mass is 9.64. The van der Waals surface area contributed by atoms with Crippen LogP contribution in [0.2, 0.25) is 0 Å². The summed E-state index contributed by atoms with van der Waals surface area (Å²) in [7, 11) is 0. The number of aliphatic hydroxyl groups excluding tert-OH is 1. The number of aromatic hydroxyl groups is 1. The van der Waals surface area contributed by atoms with Gasteiger partial charge in [0.25, 0.3) is 0 Å². The van der Waals surface area contributed by atoms with Gasteiger partial charge in [-0.1, -0.05) is 32.3 Å². The van der Waals surface area contributed by atoms with Crippen molar-refractivity contribution in [3.8, 4) is 5.75 Å². The molecule has 0 radical (unpaired) electrons. The topological polar surface area (TPSA) is 73.8 Å². The summed E-state index contributed by atoms with van der Waals surface area (Å²) in [6.45, 7) is 8.30. The summed E-state index contributed by atoms with van der Waals surface area (Å²) in [5, 5.41) is 29.3. The minimum absolute atomic E-state index is 0.0578. The Morgan fingerprint density at radius 3 is 2.70 bits per heavy atom. The second-order valence-electron chi connectivity index (χ2n) is 9.63. The van der Waals surface area contributed by atoms with Gasteiger partial charge in [-0.15, -0.1) is 0 Å². The van der Waals surface area contributed by atoms with Crippen LogP contribution in [0.3, 0.4) is 0 Å². The Balaban J connectivity index is 1.80. The highest BCUT2D eigenvalue weighted by molar-refractivity contribution is 5.69. The molecule has 3 atom stereocenters. The summed E-state index contributed by atoms with van der Waals surface area (Å²) in [6.07, 6.45) is 8.72. The van der Waals surface area contributed by atoms with Crippen molar-refractivity contribution in [1.82, 2.24) is 0 Å². The van der Waals surface area contributed by atoms with Crippen LogP contribution in [0.4, 0.5) is 0 Å². The van der Waals surface area contributed by atoms with Gasteiger partial charge >= 0.3 is 0 Å². The predicted octanol–water partition coefficient (Wildman–Crippen LogP) is 5.41. The van der Waals surface area contributed by atoms with Crippen molar-refractivity contribution in [3.63, 3.8) is 0 Å². The van der Waals surface area contributed by atoms with E-state index in [1.54, 1.807) is 6.07 Å². The monoisotopic (exact) mass is 376 g/mol. The third kappa shape index (κ3) is 4.12. The summed E-state index contributed by atoms with van der Waals surface area (Å²) >= 11 is 0. The molecule has 1 aromatic heterocycles. The highest BCUT2D eigenvalue weighted by atomic mass is 16.4. The Morgan fingerprint density at radius 1 is 1.33 bits per heavy atom. The average Bonchev–Trinajstić information content (AvgIpc) is 3.12. The normalized spacial score (nSPS) is 27.1. The van der Waals surface area contributed by atoms with Crippen LogP contribution in [0.1, 0.15) is 90.6 Å². The molecule has 0 aliphatic heterocycles. The van der Waals surface area contributed by atoms with E-state index in [1.807, 2.05) is 13.8 Å². The zero-order chi connectivity index (χ0) is 19.8. The number of aliphatic hydroxyl groups is 2. The summed E-state index contributed by atoms with van der Waals surface area (Å²) in [5.41, 5.74) is 2.38. The molecule has 1 fully saturated rings. The van der Waals surface area contributed by atoms with Crippen molar-refractivity contribution in [2.45, 2.75) is 91.3 Å². The molecule has 0 aromatic carbocycles. The van der Waals surface area contributed by atoms with Crippen molar-refractivity contribution in [2.75, 3.05) is 0 Å². The van der Waals surface area contributed by atoms with Crippen LogP contribution >= 0.6 is 0 Å². The van der Waals surface area contributed by atoms with E-state index >= 15 is 0 Å². The molecule has 1 aromatic rings. The molecule has 2 aliphatic rings. The lowest BCUT2D eigenvalue weighted by Gasteiger charge is -2.40. The van der Waals surface area contributed by atoms with Crippen molar-refractivity contribution in [1.29, 1.82) is 0 Å². The van der Waals surface area contributed by atoms with Gasteiger partial charge in [-0.2, -0.15) is 0 Å². The third-order valence-corrected chi connectivity index (χ3v) is 7.06. The first-order chi connectivity index (χ1) is 12.7. The Bertz CT molecular complexity index is 694. The molecule has 0 saturated heterocycles. The minimum atomic E-state index is -0.575. The maximum atomic E-state index is 9.98. The van der Waals surface area contributed by atoms with E-state index in [9.17, 15) is 15.3 Å². The summed E-state index contributed by atoms with van der Waals surface area (Å²) in [6, 6.07) is 1.68. The fraction of sp³-hybridized carbons (Fsp3) is 0.739. The van der Waals surface area contributed by atoms with Gasteiger partial charge in [-0.05, 0) is 75.2 Å². The second kappa shape index (κ2) is 7.63. The zero-order valence-corrected chi connectivity index (χ0v) is 17.3. The summed E-state index contributed by atoms with van der Waals surface area (Å²) in [5.74, 6) is 2.35. The van der Waals surface area contributed by atoms with Crippen molar-refractivity contribution < 1.29 is 19.7 Å². The molecule has 1 saturated carbocycles. The van der Waals surface area contributed by atoms with Gasteiger partial charge in [-0.3, -0.25) is 0 Å². The number of rotatable bonds is 7. The number of hydrogen-bond donors (Lipinski definition) is 3. The average molecular weight is 377 g/mol. The van der Waals surface area contributed by atoms with E-state index in [2.05, 4.69) is 13.8 Å². The second-order valence-corrected chi connectivity index (χ2v) is 9.63. The Morgan fingerprint density at radius 2 is 2.07 bits per heavy atom. The van der Waals surface area contributed by atoms with Gasteiger partial charge in [0.05, 0.1) is 5.60 Å². The molecule has 27 heavy (non-hydrogen) atoms. The van der Waals surface area contributed by atoms with Crippen LogP contribution in [0, 0.1) is 17.3 Å². The van der Waals surface area contributed by atoms with Gasteiger partial charge in [0.2, 0.25) is 0 Å². The lowest BCUT2D eigenvalue weighted by Crippen LogP contribution is -2.31. The number of fused-ring (bicyclic) bond motifs is 1. The van der Waals surface area contributed by atoms with E-state index in [-0.39, 0.29) is 23.5 Å².